The predicted molar refractivity (Wildman–Crippen MR) is 97.7 cm³/mol. The SMILES string of the molecule is COC(=O)C1=C(OC)C(NC(=O)Cc2cc(O)ccc2O)S[C@@H]2C(N)C(=O)N12. The summed E-state index contributed by atoms with van der Waals surface area (Å²) in [5.74, 6) is -1.90. The third kappa shape index (κ3) is 3.34. The number of rotatable bonds is 5. The van der Waals surface area contributed by atoms with E-state index in [1.54, 1.807) is 0 Å². The second-order valence-corrected chi connectivity index (χ2v) is 7.33. The molecule has 0 radical (unpaired) electrons. The number of nitrogens with zero attached hydrogens (tertiary/aromatic N) is 1. The van der Waals surface area contributed by atoms with Gasteiger partial charge in [0.05, 0.1) is 20.6 Å². The van der Waals surface area contributed by atoms with Gasteiger partial charge in [-0.2, -0.15) is 0 Å². The van der Waals surface area contributed by atoms with Crippen LogP contribution < -0.4 is 11.1 Å². The van der Waals surface area contributed by atoms with Crippen molar-refractivity contribution in [2.45, 2.75) is 23.2 Å². The zero-order chi connectivity index (χ0) is 20.6. The summed E-state index contributed by atoms with van der Waals surface area (Å²) in [5.41, 5.74) is 5.94. The van der Waals surface area contributed by atoms with Crippen LogP contribution in [0.25, 0.3) is 0 Å². The van der Waals surface area contributed by atoms with Crippen LogP contribution >= 0.6 is 11.8 Å². The van der Waals surface area contributed by atoms with Crippen molar-refractivity contribution in [1.29, 1.82) is 0 Å². The van der Waals surface area contributed by atoms with Crippen LogP contribution in [0.1, 0.15) is 5.56 Å². The van der Waals surface area contributed by atoms with E-state index in [2.05, 4.69) is 5.32 Å². The van der Waals surface area contributed by atoms with Gasteiger partial charge in [0.15, 0.2) is 11.5 Å². The summed E-state index contributed by atoms with van der Waals surface area (Å²) < 4.78 is 10.0. The summed E-state index contributed by atoms with van der Waals surface area (Å²) in [7, 11) is 2.48. The fourth-order valence-corrected chi connectivity index (χ4v) is 4.42. The lowest BCUT2D eigenvalue weighted by molar-refractivity contribution is -0.150. The molecule has 1 aromatic rings. The van der Waals surface area contributed by atoms with Crippen molar-refractivity contribution in [3.8, 4) is 11.5 Å². The molecule has 28 heavy (non-hydrogen) atoms. The standard InChI is InChI=1S/C17H19N3O7S/c1-26-13-12(17(25)27-2)20-15(24)11(18)16(20)28-14(13)19-10(23)6-7-5-8(21)3-4-9(7)22/h3-5,11,14,16,21-22H,6,18H2,1-2H3,(H,19,23)/t11?,14?,16-/m1/s1. The van der Waals surface area contributed by atoms with Gasteiger partial charge in [-0.05, 0) is 18.2 Å². The minimum absolute atomic E-state index is 0.0573. The smallest absolute Gasteiger partial charge is 0.358 e. The van der Waals surface area contributed by atoms with E-state index in [0.29, 0.717) is 0 Å². The average Bonchev–Trinajstić information content (AvgIpc) is 2.68. The second kappa shape index (κ2) is 7.60. The Hall–Kier alpha value is -2.92. The van der Waals surface area contributed by atoms with Gasteiger partial charge in [0, 0.05) is 5.56 Å². The summed E-state index contributed by atoms with van der Waals surface area (Å²) in [5, 5.41) is 20.7. The van der Waals surface area contributed by atoms with Crippen LogP contribution in [0.15, 0.2) is 29.7 Å². The Labute approximate surface area is 164 Å². The molecule has 2 heterocycles. The van der Waals surface area contributed by atoms with Gasteiger partial charge in [-0.15, -0.1) is 11.8 Å². The molecule has 2 unspecified atom stereocenters. The third-order valence-electron chi connectivity index (χ3n) is 4.38. The van der Waals surface area contributed by atoms with Crippen LogP contribution in [0.2, 0.25) is 0 Å². The van der Waals surface area contributed by atoms with Gasteiger partial charge in [0.25, 0.3) is 0 Å². The number of methoxy groups -OCH3 is 2. The van der Waals surface area contributed by atoms with E-state index >= 15 is 0 Å². The molecule has 3 rings (SSSR count). The van der Waals surface area contributed by atoms with Gasteiger partial charge < -0.3 is 30.7 Å². The number of β-lactam (4-membered cyclic amide) rings is 1. The number of ether oxygens (including phenoxy) is 2. The molecule has 11 heteroatoms. The number of hydrogen-bond acceptors (Lipinski definition) is 9. The maximum absolute atomic E-state index is 12.5. The van der Waals surface area contributed by atoms with E-state index < -0.39 is 34.6 Å². The highest BCUT2D eigenvalue weighted by atomic mass is 32.2. The fourth-order valence-electron chi connectivity index (χ4n) is 3.00. The van der Waals surface area contributed by atoms with E-state index in [1.807, 2.05) is 0 Å². The van der Waals surface area contributed by atoms with Crippen LogP contribution in [0.5, 0.6) is 11.5 Å². The third-order valence-corrected chi connectivity index (χ3v) is 5.76. The Balaban J connectivity index is 1.85. The van der Waals surface area contributed by atoms with Gasteiger partial charge >= 0.3 is 5.97 Å². The molecule has 1 aromatic carbocycles. The first-order valence-corrected chi connectivity index (χ1v) is 9.13. The number of nitrogens with two attached hydrogens (primary N) is 1. The number of amides is 2. The number of esters is 1. The highest BCUT2D eigenvalue weighted by molar-refractivity contribution is 8.00. The van der Waals surface area contributed by atoms with Crippen molar-refractivity contribution in [3.63, 3.8) is 0 Å². The van der Waals surface area contributed by atoms with Crippen molar-refractivity contribution in [2.24, 2.45) is 5.73 Å². The first-order chi connectivity index (χ1) is 13.3. The summed E-state index contributed by atoms with van der Waals surface area (Å²) in [6.45, 7) is 0. The van der Waals surface area contributed by atoms with Crippen molar-refractivity contribution in [1.82, 2.24) is 10.2 Å². The largest absolute Gasteiger partial charge is 0.508 e. The zero-order valence-corrected chi connectivity index (χ0v) is 15.9. The molecule has 150 valence electrons. The zero-order valence-electron chi connectivity index (χ0n) is 15.0. The molecule has 1 fully saturated rings. The normalized spacial score (nSPS) is 23.6. The average molecular weight is 409 g/mol. The lowest BCUT2D eigenvalue weighted by Crippen LogP contribution is -2.70. The van der Waals surface area contributed by atoms with Crippen LogP contribution in [0.4, 0.5) is 0 Å². The number of aromatic hydroxyl groups is 2. The summed E-state index contributed by atoms with van der Waals surface area (Å²) in [6.07, 6.45) is -0.221. The highest BCUT2D eigenvalue weighted by Crippen LogP contribution is 2.43. The van der Waals surface area contributed by atoms with Crippen LogP contribution in [-0.4, -0.2) is 63.9 Å². The summed E-state index contributed by atoms with van der Waals surface area (Å²) in [4.78, 5) is 38.0. The number of fused-ring (bicyclic) bond motifs is 1. The Kier molecular flexibility index (Phi) is 5.38. The number of thioether (sulfide) groups is 1. The minimum Gasteiger partial charge on any atom is -0.508 e. The molecule has 0 aromatic heterocycles. The molecule has 0 aliphatic carbocycles. The van der Waals surface area contributed by atoms with Crippen LogP contribution in [0.3, 0.4) is 0 Å². The number of nitrogens with one attached hydrogen (secondary N) is 1. The van der Waals surface area contributed by atoms with E-state index in [0.717, 1.165) is 11.8 Å². The maximum Gasteiger partial charge on any atom is 0.358 e. The molecule has 10 nitrogen and oxygen atoms in total. The first kappa shape index (κ1) is 19.8. The Morgan fingerprint density at radius 3 is 2.68 bits per heavy atom. The lowest BCUT2D eigenvalue weighted by atomic mass is 10.1. The summed E-state index contributed by atoms with van der Waals surface area (Å²) >= 11 is 1.15. The number of benzene rings is 1. The van der Waals surface area contributed by atoms with Crippen molar-refractivity contribution < 1.29 is 34.1 Å². The van der Waals surface area contributed by atoms with Crippen molar-refractivity contribution in [3.05, 3.63) is 35.2 Å². The van der Waals surface area contributed by atoms with Gasteiger partial charge in [0.1, 0.15) is 28.3 Å². The lowest BCUT2D eigenvalue weighted by Gasteiger charge is -2.49. The van der Waals surface area contributed by atoms with Crippen LogP contribution in [-0.2, 0) is 30.3 Å². The molecule has 2 aliphatic heterocycles. The highest BCUT2D eigenvalue weighted by Gasteiger charge is 2.55. The van der Waals surface area contributed by atoms with E-state index in [-0.39, 0.29) is 34.9 Å². The van der Waals surface area contributed by atoms with Gasteiger partial charge in [-0.3, -0.25) is 14.5 Å². The monoisotopic (exact) mass is 409 g/mol. The Morgan fingerprint density at radius 1 is 1.32 bits per heavy atom. The second-order valence-electron chi connectivity index (χ2n) is 6.11. The fraction of sp³-hybridized carbons (Fsp3) is 0.353. The molecule has 5 N–H and O–H groups in total. The van der Waals surface area contributed by atoms with E-state index in [4.69, 9.17) is 15.2 Å². The molecule has 0 bridgehead atoms. The minimum atomic E-state index is -0.822. The Morgan fingerprint density at radius 2 is 2.04 bits per heavy atom. The number of phenolic OH excluding ortho intramolecular Hbond substituents is 2. The Bertz CT molecular complexity index is 872. The molecular weight excluding hydrogens is 390 g/mol. The molecule has 1 saturated heterocycles. The maximum atomic E-state index is 12.5. The number of phenols is 2. The van der Waals surface area contributed by atoms with E-state index in [9.17, 15) is 24.6 Å². The quantitative estimate of drug-likeness (QED) is 0.283. The molecular formula is C17H19N3O7S. The predicted octanol–water partition coefficient (Wildman–Crippen LogP) is -0.644. The number of hydrogen-bond donors (Lipinski definition) is 4. The summed E-state index contributed by atoms with van der Waals surface area (Å²) in [6, 6.07) is 3.03. The molecule has 2 amide bonds. The molecule has 2 aliphatic rings. The van der Waals surface area contributed by atoms with Crippen molar-refractivity contribution in [2.75, 3.05) is 14.2 Å². The van der Waals surface area contributed by atoms with Gasteiger partial charge in [-0.25, -0.2) is 4.79 Å². The molecule has 3 atom stereocenters. The van der Waals surface area contributed by atoms with Gasteiger partial charge in [0.2, 0.25) is 11.8 Å². The number of carbonyl (C=O) groups is 3. The molecule has 0 saturated carbocycles. The first-order valence-electron chi connectivity index (χ1n) is 8.19. The number of carbonyl (C=O) groups excluding carboxylic acids is 3. The van der Waals surface area contributed by atoms with E-state index in [1.165, 1.54) is 37.3 Å². The van der Waals surface area contributed by atoms with Crippen LogP contribution in [0, 0.1) is 0 Å². The molecule has 0 spiro atoms. The van der Waals surface area contributed by atoms with Gasteiger partial charge in [-0.1, -0.05) is 0 Å². The van der Waals surface area contributed by atoms with Crippen molar-refractivity contribution >= 4 is 29.5 Å². The topological polar surface area (TPSA) is 151 Å².